The molecule has 4 heterocycles. The first-order chi connectivity index (χ1) is 18.9. The second-order valence-corrected chi connectivity index (χ2v) is 12.7. The maximum atomic E-state index is 14.5. The van der Waals surface area contributed by atoms with E-state index in [-0.39, 0.29) is 25.0 Å². The molecule has 202 valence electrons. The normalized spacial score (nSPS) is 32.3. The Balaban J connectivity index is 1.46. The summed E-state index contributed by atoms with van der Waals surface area (Å²) in [7, 11) is 0. The number of nitrogens with zero attached hydrogens (tertiary/aromatic N) is 2. The molecular weight excluding hydrogens is 512 g/mol. The second-order valence-electron chi connectivity index (χ2n) is 10.9. The lowest BCUT2D eigenvalue weighted by Gasteiger charge is -2.39. The van der Waals surface area contributed by atoms with E-state index < -0.39 is 39.4 Å². The first-order valence-electron chi connectivity index (χ1n) is 13.4. The zero-order valence-corrected chi connectivity index (χ0v) is 22.6. The van der Waals surface area contributed by atoms with Gasteiger partial charge in [0.05, 0.1) is 29.2 Å². The number of thioether (sulfide) groups is 1. The molecule has 1 N–H and O–H groups in total. The number of rotatable bonds is 6. The molecule has 6 atom stereocenters. The monoisotopic (exact) mass is 544 g/mol. The van der Waals surface area contributed by atoms with Crippen molar-refractivity contribution in [1.29, 1.82) is 0 Å². The number of hydrogen-bond acceptors (Lipinski definition) is 6. The van der Waals surface area contributed by atoms with Crippen LogP contribution >= 0.6 is 11.8 Å². The molecule has 1 unspecified atom stereocenters. The molecule has 2 aromatic rings. The van der Waals surface area contributed by atoms with Gasteiger partial charge in [0, 0.05) is 17.8 Å². The third-order valence-electron chi connectivity index (χ3n) is 8.47. The molecule has 0 aromatic heterocycles. The van der Waals surface area contributed by atoms with Crippen LogP contribution in [-0.4, -0.2) is 74.0 Å². The summed E-state index contributed by atoms with van der Waals surface area (Å²) < 4.78 is 3.84. The molecule has 2 aromatic carbocycles. The van der Waals surface area contributed by atoms with E-state index >= 15 is 0 Å². The lowest BCUT2D eigenvalue weighted by Crippen LogP contribution is -2.57. The number of aliphatic hydroxyl groups is 1. The minimum atomic E-state index is -0.968. The first-order valence-corrected chi connectivity index (χ1v) is 14.2. The Morgan fingerprint density at radius 3 is 2.33 bits per heavy atom. The van der Waals surface area contributed by atoms with Crippen LogP contribution in [0.2, 0.25) is 0 Å². The third-order valence-corrected chi connectivity index (χ3v) is 10.3. The van der Waals surface area contributed by atoms with E-state index in [1.54, 1.807) is 9.80 Å². The lowest BCUT2D eigenvalue weighted by molar-refractivity contribution is -0.153. The van der Waals surface area contributed by atoms with Crippen molar-refractivity contribution in [2.24, 2.45) is 11.8 Å². The van der Waals surface area contributed by atoms with Crippen molar-refractivity contribution in [2.45, 2.75) is 41.5 Å². The summed E-state index contributed by atoms with van der Waals surface area (Å²) in [6.07, 6.45) is 8.15. The van der Waals surface area contributed by atoms with Gasteiger partial charge >= 0.3 is 5.97 Å². The van der Waals surface area contributed by atoms with Gasteiger partial charge in [-0.05, 0) is 30.5 Å². The third kappa shape index (κ3) is 4.21. The van der Waals surface area contributed by atoms with Crippen LogP contribution in [0.25, 0.3) is 0 Å². The molecule has 1 spiro atoms. The Hall–Kier alpha value is -3.36. The molecule has 6 rings (SSSR count). The highest BCUT2D eigenvalue weighted by molar-refractivity contribution is 8.02. The van der Waals surface area contributed by atoms with Gasteiger partial charge < -0.3 is 19.6 Å². The maximum absolute atomic E-state index is 14.5. The van der Waals surface area contributed by atoms with Gasteiger partial charge in [-0.25, -0.2) is 0 Å². The van der Waals surface area contributed by atoms with Gasteiger partial charge in [-0.15, -0.1) is 11.8 Å². The summed E-state index contributed by atoms with van der Waals surface area (Å²) in [6, 6.07) is 18.0. The molecule has 4 aliphatic heterocycles. The summed E-state index contributed by atoms with van der Waals surface area (Å²) in [6.45, 7) is 2.63. The Morgan fingerprint density at radius 1 is 0.949 bits per heavy atom. The maximum Gasteiger partial charge on any atom is 0.311 e. The topological polar surface area (TPSA) is 87.1 Å². The Labute approximate surface area is 232 Å². The number of fused-ring (bicyclic) bond motifs is 2. The quantitative estimate of drug-likeness (QED) is 0.445. The standard InChI is InChI=1S/C31H32N2O5S/c1-30-14-9-17-38-29(37)25(30)24-27(35)33(23(20-34)18-21-10-4-2-5-11-21)26-28(36)32(16-8-15-31(24,26)39-30)19-22-12-6-3-7-13-22/h2-15,23-26,34H,16-20H2,1H3/t23-,24+,25-,26?,30+,31+/m1/s1. The second kappa shape index (κ2) is 9.99. The molecule has 8 heteroatoms. The van der Waals surface area contributed by atoms with E-state index in [1.807, 2.05) is 91.9 Å². The molecule has 39 heavy (non-hydrogen) atoms. The molecule has 2 fully saturated rings. The minimum absolute atomic E-state index is 0.166. The van der Waals surface area contributed by atoms with Crippen LogP contribution in [0.1, 0.15) is 18.1 Å². The van der Waals surface area contributed by atoms with Gasteiger partial charge in [0.1, 0.15) is 12.6 Å². The number of hydrogen-bond donors (Lipinski definition) is 1. The van der Waals surface area contributed by atoms with Crippen molar-refractivity contribution in [3.63, 3.8) is 0 Å². The van der Waals surface area contributed by atoms with E-state index in [4.69, 9.17) is 4.74 Å². The SMILES string of the molecule is C[C@]12C=CCOC(=O)[C@H]1[C@H]1C(=O)N([C@@H](CO)Cc3ccccc3)C3C(=O)N(Cc4ccccc4)CC=C[C@@]31S2. The first kappa shape index (κ1) is 25.9. The van der Waals surface area contributed by atoms with E-state index in [9.17, 15) is 19.5 Å². The number of aliphatic hydroxyl groups excluding tert-OH is 1. The van der Waals surface area contributed by atoms with Crippen LogP contribution in [0.5, 0.6) is 0 Å². The van der Waals surface area contributed by atoms with Crippen LogP contribution in [0.3, 0.4) is 0 Å². The summed E-state index contributed by atoms with van der Waals surface area (Å²) >= 11 is 1.52. The molecule has 4 aliphatic rings. The summed E-state index contributed by atoms with van der Waals surface area (Å²) in [4.78, 5) is 45.7. The zero-order chi connectivity index (χ0) is 27.2. The Morgan fingerprint density at radius 2 is 1.64 bits per heavy atom. The summed E-state index contributed by atoms with van der Waals surface area (Å²) in [5, 5.41) is 10.6. The van der Waals surface area contributed by atoms with Crippen LogP contribution < -0.4 is 0 Å². The number of carbonyl (C=O) groups is 3. The average molecular weight is 545 g/mol. The van der Waals surface area contributed by atoms with Crippen LogP contribution in [-0.2, 0) is 32.1 Å². The van der Waals surface area contributed by atoms with Crippen molar-refractivity contribution in [3.05, 3.63) is 96.1 Å². The van der Waals surface area contributed by atoms with Crippen molar-refractivity contribution in [3.8, 4) is 0 Å². The molecule has 7 nitrogen and oxygen atoms in total. The predicted octanol–water partition coefficient (Wildman–Crippen LogP) is 2.99. The molecule has 2 amide bonds. The number of cyclic esters (lactones) is 1. The number of likely N-dealkylation sites (tertiary alicyclic amines) is 1. The van der Waals surface area contributed by atoms with Gasteiger partial charge in [0.15, 0.2) is 0 Å². The molecular formula is C31H32N2O5S. The van der Waals surface area contributed by atoms with E-state index in [1.165, 1.54) is 11.8 Å². The Kier molecular flexibility index (Phi) is 6.63. The van der Waals surface area contributed by atoms with Gasteiger partial charge in [0.25, 0.3) is 0 Å². The predicted molar refractivity (Wildman–Crippen MR) is 148 cm³/mol. The van der Waals surface area contributed by atoms with Crippen LogP contribution in [0, 0.1) is 11.8 Å². The van der Waals surface area contributed by atoms with E-state index in [0.29, 0.717) is 19.5 Å². The van der Waals surface area contributed by atoms with Gasteiger partial charge in [-0.3, -0.25) is 14.4 Å². The highest BCUT2D eigenvalue weighted by Gasteiger charge is 2.74. The molecule has 0 aliphatic carbocycles. The number of esters is 1. The van der Waals surface area contributed by atoms with Gasteiger partial charge in [0.2, 0.25) is 11.8 Å². The lowest BCUT2D eigenvalue weighted by atomic mass is 9.75. The number of ether oxygens (including phenoxy) is 1. The zero-order valence-electron chi connectivity index (χ0n) is 21.8. The van der Waals surface area contributed by atoms with E-state index in [0.717, 1.165) is 11.1 Å². The highest BCUT2D eigenvalue weighted by Crippen LogP contribution is 2.65. The van der Waals surface area contributed by atoms with Crippen molar-refractivity contribution in [1.82, 2.24) is 9.80 Å². The van der Waals surface area contributed by atoms with Gasteiger partial charge in [-0.1, -0.05) is 78.9 Å². The molecule has 2 saturated heterocycles. The molecule has 0 bridgehead atoms. The fraction of sp³-hybridized carbons (Fsp3) is 0.387. The fourth-order valence-corrected chi connectivity index (χ4v) is 8.96. The smallest absolute Gasteiger partial charge is 0.311 e. The van der Waals surface area contributed by atoms with Gasteiger partial charge in [-0.2, -0.15) is 0 Å². The highest BCUT2D eigenvalue weighted by atomic mass is 32.2. The summed E-state index contributed by atoms with van der Waals surface area (Å²) in [5.41, 5.74) is 1.95. The van der Waals surface area contributed by atoms with Crippen molar-refractivity contribution < 1.29 is 24.2 Å². The largest absolute Gasteiger partial charge is 0.461 e. The average Bonchev–Trinajstić information content (AvgIpc) is 3.21. The van der Waals surface area contributed by atoms with Crippen molar-refractivity contribution >= 4 is 29.5 Å². The number of benzene rings is 2. The fourth-order valence-electron chi connectivity index (χ4n) is 6.82. The summed E-state index contributed by atoms with van der Waals surface area (Å²) in [5.74, 6) is -2.38. The molecule has 0 saturated carbocycles. The van der Waals surface area contributed by atoms with Crippen LogP contribution in [0.4, 0.5) is 0 Å². The minimum Gasteiger partial charge on any atom is -0.461 e. The number of carbonyl (C=O) groups excluding carboxylic acids is 3. The Bertz CT molecular complexity index is 1330. The van der Waals surface area contributed by atoms with E-state index in [2.05, 4.69) is 0 Å². The number of amides is 2. The molecule has 0 radical (unpaired) electrons. The van der Waals surface area contributed by atoms with Crippen molar-refractivity contribution in [2.75, 3.05) is 19.8 Å². The van der Waals surface area contributed by atoms with Crippen LogP contribution in [0.15, 0.2) is 85.0 Å².